The molecular formula is C14H15N3O. The summed E-state index contributed by atoms with van der Waals surface area (Å²) < 4.78 is 5.35. The molecule has 0 aliphatic heterocycles. The van der Waals surface area contributed by atoms with Crippen molar-refractivity contribution in [2.75, 3.05) is 7.11 Å². The van der Waals surface area contributed by atoms with E-state index in [1.165, 1.54) is 5.56 Å². The summed E-state index contributed by atoms with van der Waals surface area (Å²) in [6.07, 6.45) is 2.90. The van der Waals surface area contributed by atoms with E-state index in [0.29, 0.717) is 12.8 Å². The van der Waals surface area contributed by atoms with Crippen LogP contribution in [-0.4, -0.2) is 17.1 Å². The SMILES string of the molecule is COc1ccc(C)cc1-c1cnc(CCC#N)[nH]1. The van der Waals surface area contributed by atoms with E-state index >= 15 is 0 Å². The number of methoxy groups -OCH3 is 1. The zero-order valence-electron chi connectivity index (χ0n) is 10.5. The Morgan fingerprint density at radius 3 is 3.00 bits per heavy atom. The molecule has 18 heavy (non-hydrogen) atoms. The Bertz CT molecular complexity index is 581. The maximum Gasteiger partial charge on any atom is 0.128 e. The fraction of sp³-hybridized carbons (Fsp3) is 0.286. The van der Waals surface area contributed by atoms with Gasteiger partial charge in [-0.15, -0.1) is 0 Å². The number of benzene rings is 1. The lowest BCUT2D eigenvalue weighted by atomic mass is 10.1. The summed E-state index contributed by atoms with van der Waals surface area (Å²) in [5.41, 5.74) is 3.08. The molecule has 0 saturated heterocycles. The summed E-state index contributed by atoms with van der Waals surface area (Å²) in [5, 5.41) is 8.56. The number of rotatable bonds is 4. The van der Waals surface area contributed by atoms with E-state index in [2.05, 4.69) is 22.1 Å². The minimum atomic E-state index is 0.470. The first-order valence-corrected chi connectivity index (χ1v) is 5.80. The lowest BCUT2D eigenvalue weighted by Gasteiger charge is -2.07. The molecule has 0 radical (unpaired) electrons. The topological polar surface area (TPSA) is 61.7 Å². The van der Waals surface area contributed by atoms with Gasteiger partial charge in [-0.25, -0.2) is 4.98 Å². The van der Waals surface area contributed by atoms with E-state index in [1.54, 1.807) is 13.3 Å². The molecule has 0 unspecified atom stereocenters. The number of hydrogen-bond acceptors (Lipinski definition) is 3. The first-order valence-electron chi connectivity index (χ1n) is 5.80. The predicted molar refractivity (Wildman–Crippen MR) is 69.2 cm³/mol. The van der Waals surface area contributed by atoms with Crippen LogP contribution in [0.15, 0.2) is 24.4 Å². The first-order chi connectivity index (χ1) is 8.74. The van der Waals surface area contributed by atoms with Gasteiger partial charge >= 0.3 is 0 Å². The number of aromatic amines is 1. The second-order valence-electron chi connectivity index (χ2n) is 4.11. The molecule has 4 heteroatoms. The van der Waals surface area contributed by atoms with Crippen LogP contribution in [0, 0.1) is 18.3 Å². The smallest absolute Gasteiger partial charge is 0.128 e. The second kappa shape index (κ2) is 5.37. The lowest BCUT2D eigenvalue weighted by Crippen LogP contribution is -1.90. The molecule has 1 aromatic heterocycles. The number of hydrogen-bond donors (Lipinski definition) is 1. The number of nitrogens with zero attached hydrogens (tertiary/aromatic N) is 2. The number of nitriles is 1. The van der Waals surface area contributed by atoms with Crippen molar-refractivity contribution in [2.24, 2.45) is 0 Å². The van der Waals surface area contributed by atoms with Gasteiger partial charge in [-0.1, -0.05) is 11.6 Å². The predicted octanol–water partition coefficient (Wildman–Crippen LogP) is 2.85. The molecule has 2 aromatic rings. The summed E-state index contributed by atoms with van der Waals surface area (Å²) in [6.45, 7) is 2.04. The van der Waals surface area contributed by atoms with Gasteiger partial charge in [-0.3, -0.25) is 0 Å². The molecule has 2 rings (SSSR count). The zero-order valence-corrected chi connectivity index (χ0v) is 10.5. The van der Waals surface area contributed by atoms with Crippen LogP contribution in [0.3, 0.4) is 0 Å². The van der Waals surface area contributed by atoms with Crippen LogP contribution in [0.4, 0.5) is 0 Å². The molecule has 0 bridgehead atoms. The number of H-pyrrole nitrogens is 1. The van der Waals surface area contributed by atoms with Crippen molar-refractivity contribution >= 4 is 0 Å². The minimum absolute atomic E-state index is 0.470. The lowest BCUT2D eigenvalue weighted by molar-refractivity contribution is 0.416. The van der Waals surface area contributed by atoms with Crippen molar-refractivity contribution in [1.82, 2.24) is 9.97 Å². The zero-order chi connectivity index (χ0) is 13.0. The summed E-state index contributed by atoms with van der Waals surface area (Å²) in [6, 6.07) is 8.12. The van der Waals surface area contributed by atoms with Gasteiger partial charge in [-0.2, -0.15) is 5.26 Å². The van der Waals surface area contributed by atoms with Crippen LogP contribution in [0.2, 0.25) is 0 Å². The minimum Gasteiger partial charge on any atom is -0.496 e. The van der Waals surface area contributed by atoms with E-state index in [9.17, 15) is 0 Å². The van der Waals surface area contributed by atoms with Crippen LogP contribution >= 0.6 is 0 Å². The van der Waals surface area contributed by atoms with Gasteiger partial charge in [0.15, 0.2) is 0 Å². The van der Waals surface area contributed by atoms with Crippen molar-refractivity contribution < 1.29 is 4.74 Å². The van der Waals surface area contributed by atoms with Gasteiger partial charge in [0.1, 0.15) is 11.6 Å². The molecular weight excluding hydrogens is 226 g/mol. The maximum atomic E-state index is 8.56. The Kier molecular flexibility index (Phi) is 3.63. The summed E-state index contributed by atoms with van der Waals surface area (Å²) in [7, 11) is 1.65. The highest BCUT2D eigenvalue weighted by Gasteiger charge is 2.09. The second-order valence-corrected chi connectivity index (χ2v) is 4.11. The molecule has 0 fully saturated rings. The van der Waals surface area contributed by atoms with E-state index in [-0.39, 0.29) is 0 Å². The van der Waals surface area contributed by atoms with Crippen molar-refractivity contribution in [3.8, 4) is 23.1 Å². The molecule has 92 valence electrons. The van der Waals surface area contributed by atoms with E-state index in [4.69, 9.17) is 10.00 Å². The number of ether oxygens (including phenoxy) is 1. The standard InChI is InChI=1S/C14H15N3O/c1-10-5-6-13(18-2)11(8-10)12-9-16-14(17-12)4-3-7-15/h5-6,8-9H,3-4H2,1-2H3,(H,16,17). The van der Waals surface area contributed by atoms with Gasteiger partial charge in [-0.05, 0) is 19.1 Å². The molecule has 1 heterocycles. The van der Waals surface area contributed by atoms with Gasteiger partial charge in [0.2, 0.25) is 0 Å². The normalized spacial score (nSPS) is 10.1. The fourth-order valence-corrected chi connectivity index (χ4v) is 1.83. The van der Waals surface area contributed by atoms with E-state index < -0.39 is 0 Å². The highest BCUT2D eigenvalue weighted by molar-refractivity contribution is 5.67. The Labute approximate surface area is 106 Å². The summed E-state index contributed by atoms with van der Waals surface area (Å²) in [4.78, 5) is 7.50. The highest BCUT2D eigenvalue weighted by Crippen LogP contribution is 2.29. The molecule has 0 aliphatic rings. The van der Waals surface area contributed by atoms with Gasteiger partial charge in [0, 0.05) is 18.4 Å². The molecule has 1 aromatic carbocycles. The summed E-state index contributed by atoms with van der Waals surface area (Å²) >= 11 is 0. The fourth-order valence-electron chi connectivity index (χ4n) is 1.83. The molecule has 0 spiro atoms. The average molecular weight is 241 g/mol. The molecule has 0 atom stereocenters. The van der Waals surface area contributed by atoms with E-state index in [1.807, 2.05) is 19.1 Å². The molecule has 0 amide bonds. The third kappa shape index (κ3) is 2.51. The van der Waals surface area contributed by atoms with Crippen LogP contribution in [-0.2, 0) is 6.42 Å². The van der Waals surface area contributed by atoms with Crippen molar-refractivity contribution in [3.63, 3.8) is 0 Å². The highest BCUT2D eigenvalue weighted by atomic mass is 16.5. The third-order valence-corrected chi connectivity index (χ3v) is 2.75. The Morgan fingerprint density at radius 1 is 1.44 bits per heavy atom. The van der Waals surface area contributed by atoms with Crippen LogP contribution in [0.25, 0.3) is 11.3 Å². The van der Waals surface area contributed by atoms with Crippen LogP contribution < -0.4 is 4.74 Å². The molecule has 0 saturated carbocycles. The van der Waals surface area contributed by atoms with Gasteiger partial charge < -0.3 is 9.72 Å². The Balaban J connectivity index is 2.33. The van der Waals surface area contributed by atoms with Crippen molar-refractivity contribution in [1.29, 1.82) is 5.26 Å². The number of nitrogens with one attached hydrogen (secondary N) is 1. The molecule has 1 N–H and O–H groups in total. The van der Waals surface area contributed by atoms with Crippen LogP contribution in [0.5, 0.6) is 5.75 Å². The number of aromatic nitrogens is 2. The molecule has 4 nitrogen and oxygen atoms in total. The Hall–Kier alpha value is -2.28. The average Bonchev–Trinajstić information content (AvgIpc) is 2.85. The largest absolute Gasteiger partial charge is 0.496 e. The van der Waals surface area contributed by atoms with Gasteiger partial charge in [0.05, 0.1) is 25.1 Å². The van der Waals surface area contributed by atoms with Crippen molar-refractivity contribution in [2.45, 2.75) is 19.8 Å². The first kappa shape index (κ1) is 12.2. The van der Waals surface area contributed by atoms with Gasteiger partial charge in [0.25, 0.3) is 0 Å². The maximum absolute atomic E-state index is 8.56. The monoisotopic (exact) mass is 241 g/mol. The molecule has 0 aliphatic carbocycles. The number of imidazole rings is 1. The third-order valence-electron chi connectivity index (χ3n) is 2.75. The van der Waals surface area contributed by atoms with Crippen LogP contribution in [0.1, 0.15) is 17.8 Å². The van der Waals surface area contributed by atoms with E-state index in [0.717, 1.165) is 22.8 Å². The quantitative estimate of drug-likeness (QED) is 0.895. The summed E-state index contributed by atoms with van der Waals surface area (Å²) in [5.74, 6) is 1.64. The van der Waals surface area contributed by atoms with Crippen molar-refractivity contribution in [3.05, 3.63) is 35.8 Å². The number of aryl methyl sites for hydroxylation is 2. The Morgan fingerprint density at radius 2 is 2.28 bits per heavy atom.